The zero-order chi connectivity index (χ0) is 16.7. The standard InChI is InChI=1S/C18H21NO4.K/c20-17(21)10-8-15(9-11-18(22)23)19-12-14-6-3-5-13-4-1-2-7-16(13)14;/h1-7,15,19H,8-12H2,(H,20,21)(H,22,23);/q;+1/p-1. The molecule has 0 amide bonds. The van der Waals surface area contributed by atoms with E-state index in [0.29, 0.717) is 19.4 Å². The van der Waals surface area contributed by atoms with E-state index in [9.17, 15) is 14.7 Å². The number of aliphatic carboxylic acids is 2. The van der Waals surface area contributed by atoms with Gasteiger partial charge in [0.15, 0.2) is 0 Å². The zero-order valence-corrected chi connectivity index (χ0v) is 16.9. The molecule has 2 aromatic carbocycles. The number of rotatable bonds is 9. The van der Waals surface area contributed by atoms with E-state index in [4.69, 9.17) is 5.11 Å². The second-order valence-corrected chi connectivity index (χ2v) is 5.56. The molecule has 5 nitrogen and oxygen atoms in total. The summed E-state index contributed by atoms with van der Waals surface area (Å²) in [6.45, 7) is 0.568. The molecule has 0 aliphatic carbocycles. The summed E-state index contributed by atoms with van der Waals surface area (Å²) in [6, 6.07) is 13.9. The zero-order valence-electron chi connectivity index (χ0n) is 13.8. The maximum absolute atomic E-state index is 10.7. The Morgan fingerprint density at radius 2 is 1.71 bits per heavy atom. The van der Waals surface area contributed by atoms with E-state index in [1.165, 1.54) is 0 Å². The van der Waals surface area contributed by atoms with Crippen molar-refractivity contribution >= 4 is 22.7 Å². The SMILES string of the molecule is O=C([O-])CCC(CCC(=O)O)NCc1cccc2ccccc12.[K+]. The van der Waals surface area contributed by atoms with Crippen molar-refractivity contribution in [2.75, 3.05) is 0 Å². The molecule has 0 aromatic heterocycles. The van der Waals surface area contributed by atoms with E-state index in [2.05, 4.69) is 5.32 Å². The third-order valence-corrected chi connectivity index (χ3v) is 3.86. The topological polar surface area (TPSA) is 89.5 Å². The molecule has 6 heteroatoms. The molecular weight excluding hydrogens is 333 g/mol. The third kappa shape index (κ3) is 7.00. The van der Waals surface area contributed by atoms with Crippen LogP contribution < -0.4 is 61.8 Å². The summed E-state index contributed by atoms with van der Waals surface area (Å²) in [4.78, 5) is 21.4. The quantitative estimate of drug-likeness (QED) is 0.547. The predicted molar refractivity (Wildman–Crippen MR) is 85.7 cm³/mol. The third-order valence-electron chi connectivity index (χ3n) is 3.86. The fourth-order valence-corrected chi connectivity index (χ4v) is 2.64. The van der Waals surface area contributed by atoms with Crippen molar-refractivity contribution in [2.24, 2.45) is 0 Å². The van der Waals surface area contributed by atoms with E-state index >= 15 is 0 Å². The molecule has 122 valence electrons. The van der Waals surface area contributed by atoms with Gasteiger partial charge in [0.2, 0.25) is 0 Å². The number of fused-ring (bicyclic) bond motifs is 1. The molecule has 1 unspecified atom stereocenters. The van der Waals surface area contributed by atoms with Crippen LogP contribution in [-0.4, -0.2) is 23.1 Å². The van der Waals surface area contributed by atoms with Gasteiger partial charge in [-0.15, -0.1) is 0 Å². The van der Waals surface area contributed by atoms with Gasteiger partial charge >= 0.3 is 57.4 Å². The van der Waals surface area contributed by atoms with Crippen LogP contribution in [0.2, 0.25) is 0 Å². The molecule has 24 heavy (non-hydrogen) atoms. The van der Waals surface area contributed by atoms with Crippen LogP contribution in [0, 0.1) is 0 Å². The first-order chi connectivity index (χ1) is 11.1. The number of hydrogen-bond acceptors (Lipinski definition) is 4. The van der Waals surface area contributed by atoms with Crippen LogP contribution in [0.5, 0.6) is 0 Å². The Morgan fingerprint density at radius 3 is 2.42 bits per heavy atom. The van der Waals surface area contributed by atoms with Gasteiger partial charge in [0, 0.05) is 25.0 Å². The Hall–Kier alpha value is -0.764. The monoisotopic (exact) mass is 353 g/mol. The minimum atomic E-state index is -1.11. The molecule has 0 bridgehead atoms. The maximum Gasteiger partial charge on any atom is 1.00 e. The van der Waals surface area contributed by atoms with Crippen molar-refractivity contribution in [2.45, 2.75) is 38.3 Å². The second kappa shape index (κ2) is 11.0. The Labute approximate surface area is 183 Å². The van der Waals surface area contributed by atoms with Crippen molar-refractivity contribution in [3.63, 3.8) is 0 Å². The van der Waals surface area contributed by atoms with Crippen molar-refractivity contribution in [1.29, 1.82) is 0 Å². The molecule has 2 rings (SSSR count). The number of carboxylic acids is 2. The van der Waals surface area contributed by atoms with Crippen LogP contribution in [0.4, 0.5) is 0 Å². The van der Waals surface area contributed by atoms with Gasteiger partial charge in [-0.25, -0.2) is 0 Å². The van der Waals surface area contributed by atoms with Gasteiger partial charge < -0.3 is 20.3 Å². The second-order valence-electron chi connectivity index (χ2n) is 5.56. The molecule has 2 aromatic rings. The Bertz CT molecular complexity index is 666. The molecule has 0 saturated heterocycles. The van der Waals surface area contributed by atoms with Crippen LogP contribution in [0.1, 0.15) is 31.2 Å². The number of carboxylic acid groups (broad SMARTS) is 2. The smallest absolute Gasteiger partial charge is 0.550 e. The van der Waals surface area contributed by atoms with Gasteiger partial charge in [-0.1, -0.05) is 42.5 Å². The van der Waals surface area contributed by atoms with Crippen LogP contribution >= 0.6 is 0 Å². The summed E-state index contributed by atoms with van der Waals surface area (Å²) in [6.07, 6.45) is 0.695. The average Bonchev–Trinajstić information content (AvgIpc) is 2.53. The fourth-order valence-electron chi connectivity index (χ4n) is 2.64. The summed E-state index contributed by atoms with van der Waals surface area (Å²) in [5.41, 5.74) is 1.11. The molecule has 1 atom stereocenters. The van der Waals surface area contributed by atoms with Gasteiger partial charge in [-0.2, -0.15) is 0 Å². The number of carbonyl (C=O) groups is 2. The van der Waals surface area contributed by atoms with Crippen LogP contribution in [-0.2, 0) is 16.1 Å². The maximum atomic E-state index is 10.7. The summed E-state index contributed by atoms with van der Waals surface area (Å²) >= 11 is 0. The fraction of sp³-hybridized carbons (Fsp3) is 0.333. The van der Waals surface area contributed by atoms with Crippen molar-refractivity contribution in [3.8, 4) is 0 Å². The number of benzene rings is 2. The van der Waals surface area contributed by atoms with Crippen molar-refractivity contribution in [1.82, 2.24) is 5.32 Å². The molecule has 0 heterocycles. The predicted octanol–water partition coefficient (Wildman–Crippen LogP) is -1.30. The normalized spacial score (nSPS) is 11.7. The summed E-state index contributed by atoms with van der Waals surface area (Å²) < 4.78 is 0. The Kier molecular flexibility index (Phi) is 9.73. The Morgan fingerprint density at radius 1 is 1.04 bits per heavy atom. The van der Waals surface area contributed by atoms with Crippen molar-refractivity contribution < 1.29 is 71.2 Å². The molecule has 0 saturated carbocycles. The van der Waals surface area contributed by atoms with Crippen molar-refractivity contribution in [3.05, 3.63) is 48.0 Å². The average molecular weight is 353 g/mol. The van der Waals surface area contributed by atoms with Gasteiger partial charge in [0.1, 0.15) is 0 Å². The largest absolute Gasteiger partial charge is 1.00 e. The minimum Gasteiger partial charge on any atom is -0.550 e. The van der Waals surface area contributed by atoms with Gasteiger partial charge in [-0.05, 0) is 35.6 Å². The molecule has 2 N–H and O–H groups in total. The van der Waals surface area contributed by atoms with Gasteiger partial charge in [0.25, 0.3) is 0 Å². The first-order valence-corrected chi connectivity index (χ1v) is 7.68. The van der Waals surface area contributed by atoms with Gasteiger partial charge in [0.05, 0.1) is 0 Å². The molecule has 0 fully saturated rings. The van der Waals surface area contributed by atoms with E-state index in [-0.39, 0.29) is 70.3 Å². The summed E-state index contributed by atoms with van der Waals surface area (Å²) in [5, 5.41) is 25.0. The molecule has 0 aliphatic rings. The minimum absolute atomic E-state index is 0. The molecule has 0 radical (unpaired) electrons. The van der Waals surface area contributed by atoms with Crippen LogP contribution in [0.3, 0.4) is 0 Å². The first-order valence-electron chi connectivity index (χ1n) is 7.68. The number of hydrogen-bond donors (Lipinski definition) is 2. The molecule has 0 spiro atoms. The van der Waals surface area contributed by atoms with Crippen LogP contribution in [0.25, 0.3) is 10.8 Å². The van der Waals surface area contributed by atoms with E-state index < -0.39 is 11.9 Å². The van der Waals surface area contributed by atoms with E-state index in [0.717, 1.165) is 16.3 Å². The summed E-state index contributed by atoms with van der Waals surface area (Å²) in [7, 11) is 0. The first kappa shape index (κ1) is 21.3. The number of carbonyl (C=O) groups excluding carboxylic acids is 1. The molecular formula is C18H20KNO4. The summed E-state index contributed by atoms with van der Waals surface area (Å²) in [5.74, 6) is -1.99. The van der Waals surface area contributed by atoms with E-state index in [1.807, 2.05) is 42.5 Å². The number of nitrogens with one attached hydrogen (secondary N) is 1. The van der Waals surface area contributed by atoms with Crippen LogP contribution in [0.15, 0.2) is 42.5 Å². The molecule has 0 aliphatic heterocycles. The van der Waals surface area contributed by atoms with E-state index in [1.54, 1.807) is 0 Å². The Balaban J connectivity index is 0.00000288. The van der Waals surface area contributed by atoms with Gasteiger partial charge in [-0.3, -0.25) is 4.79 Å².